The summed E-state index contributed by atoms with van der Waals surface area (Å²) in [5.41, 5.74) is 4.39. The summed E-state index contributed by atoms with van der Waals surface area (Å²) in [7, 11) is 0. The smallest absolute Gasteiger partial charge is 0.238 e. The van der Waals surface area contributed by atoms with Gasteiger partial charge < -0.3 is 15.1 Å². The third-order valence-electron chi connectivity index (χ3n) is 7.93. The maximum absolute atomic E-state index is 13.4. The van der Waals surface area contributed by atoms with E-state index in [0.717, 1.165) is 81.2 Å². The summed E-state index contributed by atoms with van der Waals surface area (Å²) in [6.45, 7) is 9.38. The van der Waals surface area contributed by atoms with Crippen molar-refractivity contribution in [2.24, 2.45) is 5.92 Å². The van der Waals surface area contributed by atoms with Gasteiger partial charge in [0.15, 0.2) is 5.13 Å². The van der Waals surface area contributed by atoms with E-state index in [0.29, 0.717) is 13.1 Å². The fourth-order valence-corrected chi connectivity index (χ4v) is 6.72. The van der Waals surface area contributed by atoms with Crippen LogP contribution in [0.2, 0.25) is 0 Å². The number of anilines is 2. The summed E-state index contributed by atoms with van der Waals surface area (Å²) in [4.78, 5) is 37.7. The summed E-state index contributed by atoms with van der Waals surface area (Å²) >= 11 is 1.73. The molecule has 1 aromatic heterocycles. The highest BCUT2D eigenvalue weighted by atomic mass is 32.1. The Labute approximate surface area is 229 Å². The van der Waals surface area contributed by atoms with E-state index in [1.54, 1.807) is 11.3 Å². The molecule has 2 aliphatic heterocycles. The Morgan fingerprint density at radius 3 is 2.37 bits per heavy atom. The number of amides is 2. The molecule has 5 rings (SSSR count). The third kappa shape index (κ3) is 6.02. The Hall–Kier alpha value is -2.97. The van der Waals surface area contributed by atoms with E-state index < -0.39 is 0 Å². The van der Waals surface area contributed by atoms with Gasteiger partial charge in [-0.05, 0) is 55.4 Å². The lowest BCUT2D eigenvalue weighted by molar-refractivity contribution is -0.136. The van der Waals surface area contributed by atoms with Gasteiger partial charge in [-0.2, -0.15) is 0 Å². The molecule has 0 aliphatic carbocycles. The zero-order chi connectivity index (χ0) is 26.5. The summed E-state index contributed by atoms with van der Waals surface area (Å²) < 4.78 is 1.21. The van der Waals surface area contributed by atoms with Crippen molar-refractivity contribution in [3.63, 3.8) is 0 Å². The number of para-hydroxylation sites is 2. The zero-order valence-electron chi connectivity index (χ0n) is 22.6. The largest absolute Gasteiger partial charge is 0.348 e. The van der Waals surface area contributed by atoms with E-state index in [2.05, 4.69) is 65.4 Å². The van der Waals surface area contributed by atoms with E-state index in [-0.39, 0.29) is 17.7 Å². The number of aromatic nitrogens is 1. The van der Waals surface area contributed by atoms with E-state index in [1.165, 1.54) is 15.8 Å². The standard InChI is InChI=1S/C30H39N5O2S/c1-3-22-9-7-10-23(4-2)28(22)32-27(36)21-33-15-8-16-34(20-19-33)29(37)24-13-17-35(18-14-24)30-31-25-11-5-6-12-26(25)38-30/h5-7,9-12,24H,3-4,8,13-21H2,1-2H3,(H,32,36). The number of thiazole rings is 1. The van der Waals surface area contributed by atoms with Crippen LogP contribution in [0.1, 0.15) is 44.2 Å². The number of aryl methyl sites for hydroxylation is 2. The predicted octanol–water partition coefficient (Wildman–Crippen LogP) is 4.81. The van der Waals surface area contributed by atoms with Crippen molar-refractivity contribution in [2.45, 2.75) is 46.0 Å². The van der Waals surface area contributed by atoms with Crippen molar-refractivity contribution in [2.75, 3.05) is 56.0 Å². The highest BCUT2D eigenvalue weighted by Crippen LogP contribution is 2.32. The van der Waals surface area contributed by atoms with Crippen LogP contribution in [-0.4, -0.2) is 72.4 Å². The lowest BCUT2D eigenvalue weighted by atomic mass is 9.95. The van der Waals surface area contributed by atoms with Gasteiger partial charge in [0, 0.05) is 50.9 Å². The molecule has 1 N–H and O–H groups in total. The van der Waals surface area contributed by atoms with E-state index in [4.69, 9.17) is 4.98 Å². The fraction of sp³-hybridized carbons (Fsp3) is 0.500. The Balaban J connectivity index is 1.11. The number of piperidine rings is 1. The van der Waals surface area contributed by atoms with E-state index in [9.17, 15) is 9.59 Å². The average molecular weight is 534 g/mol. The van der Waals surface area contributed by atoms with Crippen LogP contribution in [0.25, 0.3) is 10.2 Å². The fourth-order valence-electron chi connectivity index (χ4n) is 5.71. The maximum Gasteiger partial charge on any atom is 0.238 e. The molecule has 2 aliphatic rings. The molecular weight excluding hydrogens is 494 g/mol. The van der Waals surface area contributed by atoms with Crippen LogP contribution in [0.15, 0.2) is 42.5 Å². The van der Waals surface area contributed by atoms with Crippen LogP contribution in [0, 0.1) is 5.92 Å². The minimum atomic E-state index is 0.0302. The zero-order valence-corrected chi connectivity index (χ0v) is 23.4. The number of hydrogen-bond donors (Lipinski definition) is 1. The van der Waals surface area contributed by atoms with Crippen LogP contribution >= 0.6 is 11.3 Å². The quantitative estimate of drug-likeness (QED) is 0.472. The van der Waals surface area contributed by atoms with Crippen molar-refractivity contribution < 1.29 is 9.59 Å². The van der Waals surface area contributed by atoms with Gasteiger partial charge in [0.2, 0.25) is 11.8 Å². The van der Waals surface area contributed by atoms with Crippen molar-refractivity contribution >= 4 is 44.2 Å². The first kappa shape index (κ1) is 26.6. The molecule has 8 heteroatoms. The molecule has 0 spiro atoms. The minimum absolute atomic E-state index is 0.0302. The topological polar surface area (TPSA) is 68.8 Å². The van der Waals surface area contributed by atoms with Crippen molar-refractivity contribution in [1.29, 1.82) is 0 Å². The molecule has 0 radical (unpaired) electrons. The van der Waals surface area contributed by atoms with Gasteiger partial charge in [0.25, 0.3) is 0 Å². The minimum Gasteiger partial charge on any atom is -0.348 e. The predicted molar refractivity (Wildman–Crippen MR) is 156 cm³/mol. The maximum atomic E-state index is 13.4. The van der Waals surface area contributed by atoms with Gasteiger partial charge in [-0.1, -0.05) is 55.5 Å². The Kier molecular flexibility index (Phi) is 8.59. The number of fused-ring (bicyclic) bond motifs is 1. The van der Waals surface area contributed by atoms with Crippen molar-refractivity contribution in [3.8, 4) is 0 Å². The number of rotatable bonds is 7. The van der Waals surface area contributed by atoms with Gasteiger partial charge in [-0.15, -0.1) is 0 Å². The van der Waals surface area contributed by atoms with E-state index >= 15 is 0 Å². The van der Waals surface area contributed by atoms with Gasteiger partial charge >= 0.3 is 0 Å². The second-order valence-electron chi connectivity index (χ2n) is 10.4. The Bertz CT molecular complexity index is 1210. The summed E-state index contributed by atoms with van der Waals surface area (Å²) in [5, 5.41) is 4.25. The van der Waals surface area contributed by atoms with Gasteiger partial charge in [-0.25, -0.2) is 4.98 Å². The molecule has 2 fully saturated rings. The first-order chi connectivity index (χ1) is 18.6. The molecule has 2 aromatic carbocycles. The molecule has 7 nitrogen and oxygen atoms in total. The van der Waals surface area contributed by atoms with Crippen molar-refractivity contribution in [1.82, 2.24) is 14.8 Å². The normalized spacial score (nSPS) is 17.5. The lowest BCUT2D eigenvalue weighted by Gasteiger charge is -2.33. The van der Waals surface area contributed by atoms with E-state index in [1.807, 2.05) is 11.0 Å². The molecule has 2 saturated heterocycles. The third-order valence-corrected chi connectivity index (χ3v) is 9.03. The van der Waals surface area contributed by atoms with Crippen LogP contribution in [0.3, 0.4) is 0 Å². The van der Waals surface area contributed by atoms with Gasteiger partial charge in [0.1, 0.15) is 0 Å². The molecule has 202 valence electrons. The molecule has 2 amide bonds. The molecule has 0 saturated carbocycles. The number of nitrogens with one attached hydrogen (secondary N) is 1. The first-order valence-electron chi connectivity index (χ1n) is 14.1. The summed E-state index contributed by atoms with van der Waals surface area (Å²) in [6, 6.07) is 14.5. The van der Waals surface area contributed by atoms with Crippen LogP contribution in [0.5, 0.6) is 0 Å². The Morgan fingerprint density at radius 2 is 1.66 bits per heavy atom. The molecule has 0 atom stereocenters. The number of benzene rings is 2. The second kappa shape index (κ2) is 12.3. The number of carbonyl (C=O) groups excluding carboxylic acids is 2. The molecule has 38 heavy (non-hydrogen) atoms. The molecule has 3 aromatic rings. The van der Waals surface area contributed by atoms with Gasteiger partial charge in [-0.3, -0.25) is 14.5 Å². The highest BCUT2D eigenvalue weighted by molar-refractivity contribution is 7.22. The monoisotopic (exact) mass is 533 g/mol. The average Bonchev–Trinajstić information content (AvgIpc) is 3.25. The highest BCUT2D eigenvalue weighted by Gasteiger charge is 2.30. The van der Waals surface area contributed by atoms with Gasteiger partial charge in [0.05, 0.1) is 16.8 Å². The SMILES string of the molecule is CCc1cccc(CC)c1NC(=O)CN1CCCN(C(=O)C2CCN(c3nc4ccccc4s3)CC2)CC1. The number of hydrogen-bond acceptors (Lipinski definition) is 6. The molecule has 0 unspecified atom stereocenters. The first-order valence-corrected chi connectivity index (χ1v) is 14.9. The van der Waals surface area contributed by atoms with Crippen LogP contribution < -0.4 is 10.2 Å². The molecular formula is C30H39N5O2S. The van der Waals surface area contributed by atoms with Crippen LogP contribution in [0.4, 0.5) is 10.8 Å². The number of nitrogens with zero attached hydrogens (tertiary/aromatic N) is 4. The second-order valence-corrected chi connectivity index (χ2v) is 11.4. The Morgan fingerprint density at radius 1 is 0.921 bits per heavy atom. The lowest BCUT2D eigenvalue weighted by Crippen LogP contribution is -2.44. The summed E-state index contributed by atoms with van der Waals surface area (Å²) in [5.74, 6) is 0.390. The molecule has 3 heterocycles. The summed E-state index contributed by atoms with van der Waals surface area (Å²) in [6.07, 6.45) is 4.42. The molecule has 0 bridgehead atoms. The number of carbonyl (C=O) groups is 2. The van der Waals surface area contributed by atoms with Crippen molar-refractivity contribution in [3.05, 3.63) is 53.6 Å². The van der Waals surface area contributed by atoms with Crippen LogP contribution in [-0.2, 0) is 22.4 Å².